The number of Topliss-reactive ketones (excluding diaryl/α,β-unsaturated/α-hetero) is 2. The molecule has 0 fully saturated rings. The molecule has 0 aliphatic heterocycles. The highest BCUT2D eigenvalue weighted by molar-refractivity contribution is 6.22. The molecule has 0 amide bonds. The topological polar surface area (TPSA) is 57.6 Å². The molecule has 20 heavy (non-hydrogen) atoms. The fourth-order valence-electron chi connectivity index (χ4n) is 1.58. The Morgan fingerprint density at radius 3 is 2.20 bits per heavy atom. The molecule has 0 spiro atoms. The summed E-state index contributed by atoms with van der Waals surface area (Å²) in [6.45, 7) is 2.00. The van der Waals surface area contributed by atoms with Crippen LogP contribution in [0.5, 0.6) is 5.75 Å². The molecule has 0 heterocycles. The van der Waals surface area contributed by atoms with Crippen molar-refractivity contribution in [2.75, 3.05) is 20.6 Å². The standard InChI is InChI=1S/C15H19NO3.ClH/c1-11(17)14(15(19)8-9-16(2)3)10-12-4-6-13(18)7-5-12;/h4-7,10,18H,8-9H2,1-3H3;1H/b14-10+;. The van der Waals surface area contributed by atoms with E-state index in [0.717, 1.165) is 5.56 Å². The smallest absolute Gasteiger partial charge is 0.167 e. The van der Waals surface area contributed by atoms with E-state index in [1.165, 1.54) is 19.1 Å². The molecule has 5 heteroatoms. The van der Waals surface area contributed by atoms with Crippen LogP contribution in [0.4, 0.5) is 0 Å². The number of hydrogen-bond donors (Lipinski definition) is 1. The molecule has 0 saturated heterocycles. The van der Waals surface area contributed by atoms with E-state index >= 15 is 0 Å². The number of benzene rings is 1. The average Bonchev–Trinajstić information content (AvgIpc) is 2.34. The lowest BCUT2D eigenvalue weighted by molar-refractivity contribution is -0.120. The van der Waals surface area contributed by atoms with Crippen molar-refractivity contribution in [2.24, 2.45) is 0 Å². The van der Waals surface area contributed by atoms with E-state index in [1.54, 1.807) is 18.2 Å². The summed E-state index contributed by atoms with van der Waals surface area (Å²) >= 11 is 0. The monoisotopic (exact) mass is 297 g/mol. The predicted molar refractivity (Wildman–Crippen MR) is 82.2 cm³/mol. The van der Waals surface area contributed by atoms with Crippen LogP contribution in [0.3, 0.4) is 0 Å². The number of ketones is 2. The Morgan fingerprint density at radius 2 is 1.75 bits per heavy atom. The molecule has 0 unspecified atom stereocenters. The van der Waals surface area contributed by atoms with Crippen molar-refractivity contribution in [3.05, 3.63) is 35.4 Å². The van der Waals surface area contributed by atoms with E-state index in [0.29, 0.717) is 13.0 Å². The first-order chi connectivity index (χ1) is 8.90. The van der Waals surface area contributed by atoms with Gasteiger partial charge in [-0.2, -0.15) is 0 Å². The van der Waals surface area contributed by atoms with E-state index in [-0.39, 0.29) is 35.3 Å². The van der Waals surface area contributed by atoms with Gasteiger partial charge in [-0.15, -0.1) is 12.4 Å². The van der Waals surface area contributed by atoms with Crippen LogP contribution in [-0.4, -0.2) is 42.2 Å². The SMILES string of the molecule is CC(=O)/C(=C\c1ccc(O)cc1)C(=O)CCN(C)C.Cl. The first kappa shape index (κ1) is 18.4. The Labute approximate surface area is 125 Å². The maximum Gasteiger partial charge on any atom is 0.167 e. The Bertz CT molecular complexity index is 492. The average molecular weight is 298 g/mol. The van der Waals surface area contributed by atoms with Gasteiger partial charge in [0.25, 0.3) is 0 Å². The number of halogens is 1. The quantitative estimate of drug-likeness (QED) is 0.497. The van der Waals surface area contributed by atoms with Crippen molar-refractivity contribution in [3.8, 4) is 5.75 Å². The Kier molecular flexibility index (Phi) is 7.80. The number of hydrogen-bond acceptors (Lipinski definition) is 4. The Hall–Kier alpha value is -1.65. The van der Waals surface area contributed by atoms with Gasteiger partial charge in [0.15, 0.2) is 11.6 Å². The van der Waals surface area contributed by atoms with Crippen LogP contribution in [0, 0.1) is 0 Å². The van der Waals surface area contributed by atoms with Crippen LogP contribution in [-0.2, 0) is 9.59 Å². The largest absolute Gasteiger partial charge is 0.508 e. The number of aromatic hydroxyl groups is 1. The van der Waals surface area contributed by atoms with Crippen LogP contribution < -0.4 is 0 Å². The van der Waals surface area contributed by atoms with Gasteiger partial charge in [0, 0.05) is 13.0 Å². The van der Waals surface area contributed by atoms with Crippen molar-refractivity contribution in [1.82, 2.24) is 4.90 Å². The second-order valence-electron chi connectivity index (χ2n) is 4.68. The minimum atomic E-state index is -0.239. The zero-order valence-corrected chi connectivity index (χ0v) is 12.7. The number of rotatable bonds is 6. The van der Waals surface area contributed by atoms with Crippen molar-refractivity contribution in [2.45, 2.75) is 13.3 Å². The summed E-state index contributed by atoms with van der Waals surface area (Å²) in [5, 5.41) is 9.19. The van der Waals surface area contributed by atoms with Gasteiger partial charge < -0.3 is 10.0 Å². The molecular formula is C15H20ClNO3. The summed E-state index contributed by atoms with van der Waals surface area (Å²) in [5.41, 5.74) is 0.925. The highest BCUT2D eigenvalue weighted by Gasteiger charge is 2.14. The van der Waals surface area contributed by atoms with Crippen LogP contribution in [0.25, 0.3) is 6.08 Å². The molecule has 0 bridgehead atoms. The molecule has 4 nitrogen and oxygen atoms in total. The molecule has 1 aromatic carbocycles. The fourth-order valence-corrected chi connectivity index (χ4v) is 1.58. The molecule has 0 aliphatic carbocycles. The van der Waals surface area contributed by atoms with Crippen LogP contribution in [0.1, 0.15) is 18.9 Å². The maximum absolute atomic E-state index is 12.0. The third-order valence-electron chi connectivity index (χ3n) is 2.67. The first-order valence-electron chi connectivity index (χ1n) is 6.09. The van der Waals surface area contributed by atoms with Gasteiger partial charge >= 0.3 is 0 Å². The normalized spacial score (nSPS) is 11.1. The summed E-state index contributed by atoms with van der Waals surface area (Å²) in [6.07, 6.45) is 1.89. The minimum absolute atomic E-state index is 0. The number of phenolic OH excluding ortho intramolecular Hbond substituents is 1. The summed E-state index contributed by atoms with van der Waals surface area (Å²) < 4.78 is 0. The lowest BCUT2D eigenvalue weighted by Crippen LogP contribution is -2.19. The van der Waals surface area contributed by atoms with Crippen LogP contribution in [0.15, 0.2) is 29.8 Å². The van der Waals surface area contributed by atoms with Crippen molar-refractivity contribution >= 4 is 30.0 Å². The highest BCUT2D eigenvalue weighted by Crippen LogP contribution is 2.14. The lowest BCUT2D eigenvalue weighted by Gasteiger charge is -2.09. The Morgan fingerprint density at radius 1 is 1.20 bits per heavy atom. The molecular weight excluding hydrogens is 278 g/mol. The van der Waals surface area contributed by atoms with Gasteiger partial charge in [-0.1, -0.05) is 12.1 Å². The molecule has 110 valence electrons. The lowest BCUT2D eigenvalue weighted by atomic mass is 10.0. The third kappa shape index (κ3) is 5.99. The van der Waals surface area contributed by atoms with Gasteiger partial charge in [0.05, 0.1) is 5.57 Å². The van der Waals surface area contributed by atoms with Gasteiger partial charge in [0.2, 0.25) is 0 Å². The molecule has 0 aromatic heterocycles. The van der Waals surface area contributed by atoms with Crippen molar-refractivity contribution in [1.29, 1.82) is 0 Å². The van der Waals surface area contributed by atoms with Crippen molar-refractivity contribution in [3.63, 3.8) is 0 Å². The zero-order valence-electron chi connectivity index (χ0n) is 11.9. The van der Waals surface area contributed by atoms with E-state index in [2.05, 4.69) is 0 Å². The second-order valence-corrected chi connectivity index (χ2v) is 4.68. The molecule has 1 N–H and O–H groups in total. The second kappa shape index (κ2) is 8.51. The van der Waals surface area contributed by atoms with Gasteiger partial charge in [-0.3, -0.25) is 9.59 Å². The number of carbonyl (C=O) groups excluding carboxylic acids is 2. The number of phenols is 1. The number of allylic oxidation sites excluding steroid dienone is 1. The maximum atomic E-state index is 12.0. The Balaban J connectivity index is 0.00000361. The molecule has 0 aliphatic rings. The van der Waals surface area contributed by atoms with Gasteiger partial charge in [-0.25, -0.2) is 0 Å². The van der Waals surface area contributed by atoms with Crippen LogP contribution >= 0.6 is 12.4 Å². The summed E-state index contributed by atoms with van der Waals surface area (Å²) in [4.78, 5) is 25.4. The summed E-state index contributed by atoms with van der Waals surface area (Å²) in [6, 6.07) is 6.37. The highest BCUT2D eigenvalue weighted by atomic mass is 35.5. The molecule has 1 rings (SSSR count). The molecule has 0 atom stereocenters. The number of nitrogens with zero attached hydrogens (tertiary/aromatic N) is 1. The fraction of sp³-hybridized carbons (Fsp3) is 0.333. The van der Waals surface area contributed by atoms with E-state index in [1.807, 2.05) is 19.0 Å². The van der Waals surface area contributed by atoms with Gasteiger partial charge in [-0.05, 0) is 44.8 Å². The summed E-state index contributed by atoms with van der Waals surface area (Å²) in [7, 11) is 3.76. The molecule has 0 radical (unpaired) electrons. The van der Waals surface area contributed by atoms with E-state index < -0.39 is 0 Å². The third-order valence-corrected chi connectivity index (χ3v) is 2.67. The molecule has 1 aromatic rings. The minimum Gasteiger partial charge on any atom is -0.508 e. The van der Waals surface area contributed by atoms with E-state index in [9.17, 15) is 14.7 Å². The summed E-state index contributed by atoms with van der Waals surface area (Å²) in [5.74, 6) is -0.244. The molecule has 0 saturated carbocycles. The van der Waals surface area contributed by atoms with Crippen molar-refractivity contribution < 1.29 is 14.7 Å². The predicted octanol–water partition coefficient (Wildman–Crippen LogP) is 2.31. The van der Waals surface area contributed by atoms with Crippen LogP contribution in [0.2, 0.25) is 0 Å². The van der Waals surface area contributed by atoms with Gasteiger partial charge in [0.1, 0.15) is 5.75 Å². The first-order valence-corrected chi connectivity index (χ1v) is 6.09. The zero-order chi connectivity index (χ0) is 14.4. The number of carbonyl (C=O) groups is 2. The van der Waals surface area contributed by atoms with E-state index in [4.69, 9.17) is 0 Å².